The highest BCUT2D eigenvalue weighted by Gasteiger charge is 2.50. The first-order chi connectivity index (χ1) is 14.6. The molecule has 0 saturated heterocycles. The Balaban J connectivity index is 1.68. The highest BCUT2D eigenvalue weighted by atomic mass is 16.4. The van der Waals surface area contributed by atoms with E-state index in [1.165, 1.54) is 43.8 Å². The molecule has 0 aliphatic heterocycles. The third-order valence-corrected chi connectivity index (χ3v) is 8.85. The number of aliphatic hydroxyl groups is 4. The van der Waals surface area contributed by atoms with Crippen LogP contribution in [0.25, 0.3) is 0 Å². The maximum absolute atomic E-state index is 10.3. The number of rotatable bonds is 7. The Morgan fingerprint density at radius 2 is 1.94 bits per heavy atom. The van der Waals surface area contributed by atoms with Gasteiger partial charge in [0.15, 0.2) is 0 Å². The molecule has 3 fully saturated rings. The maximum Gasteiger partial charge on any atom is 0.111 e. The lowest BCUT2D eigenvalue weighted by atomic mass is 9.60. The first-order valence-electron chi connectivity index (χ1n) is 12.4. The van der Waals surface area contributed by atoms with Crippen molar-refractivity contribution in [3.8, 4) is 0 Å². The van der Waals surface area contributed by atoms with Gasteiger partial charge in [-0.25, -0.2) is 0 Å². The lowest BCUT2D eigenvalue weighted by molar-refractivity contribution is -0.0971. The molecule has 31 heavy (non-hydrogen) atoms. The van der Waals surface area contributed by atoms with Crippen molar-refractivity contribution in [3.63, 3.8) is 0 Å². The van der Waals surface area contributed by atoms with Gasteiger partial charge in [0.05, 0.1) is 18.8 Å². The smallest absolute Gasteiger partial charge is 0.111 e. The van der Waals surface area contributed by atoms with Crippen LogP contribution in [0.1, 0.15) is 85.0 Å². The van der Waals surface area contributed by atoms with Gasteiger partial charge in [-0.1, -0.05) is 43.7 Å². The molecule has 0 aromatic heterocycles. The van der Waals surface area contributed by atoms with Gasteiger partial charge in [0.25, 0.3) is 0 Å². The molecule has 0 bridgehead atoms. The van der Waals surface area contributed by atoms with E-state index in [9.17, 15) is 20.4 Å². The van der Waals surface area contributed by atoms with Gasteiger partial charge in [-0.05, 0) is 99.9 Å². The molecule has 0 spiro atoms. The van der Waals surface area contributed by atoms with Crippen LogP contribution in [0, 0.1) is 23.2 Å². The SMILES string of the molecule is C=C1CC[C@H](O)C/C1=C/C=C1CCC[C@@]2(C)C1CC[C@@H]2[C@H](C)CC[C@@H](O)[C@@](C)(O)CO. The minimum Gasteiger partial charge on any atom is -0.393 e. The second-order valence-corrected chi connectivity index (χ2v) is 11.1. The zero-order valence-electron chi connectivity index (χ0n) is 19.8. The standard InChI is InChI=1S/C27H44O4/c1-18-7-11-22(29)16-21(18)10-9-20-6-5-15-26(3)23(12-13-24(20)26)19(2)8-14-25(30)27(4,31)17-28/h9-10,19,22-25,28-31H,1,5-8,11-17H2,2-4H3/b20-9?,21-10-/t19-,22+,23-,24?,25-,26-,27+/m1/s1. The van der Waals surface area contributed by atoms with Crippen molar-refractivity contribution in [3.05, 3.63) is 35.5 Å². The molecule has 1 unspecified atom stereocenters. The highest BCUT2D eigenvalue weighted by molar-refractivity contribution is 5.36. The molecule has 4 heteroatoms. The van der Waals surface area contributed by atoms with E-state index >= 15 is 0 Å². The summed E-state index contributed by atoms with van der Waals surface area (Å²) >= 11 is 0. The van der Waals surface area contributed by atoms with Crippen molar-refractivity contribution >= 4 is 0 Å². The third kappa shape index (κ3) is 5.35. The van der Waals surface area contributed by atoms with E-state index in [1.54, 1.807) is 5.57 Å². The topological polar surface area (TPSA) is 80.9 Å². The van der Waals surface area contributed by atoms with E-state index in [-0.39, 0.29) is 11.5 Å². The van der Waals surface area contributed by atoms with Crippen LogP contribution >= 0.6 is 0 Å². The minimum absolute atomic E-state index is 0.231. The molecular formula is C27H44O4. The van der Waals surface area contributed by atoms with Crippen molar-refractivity contribution in [2.75, 3.05) is 6.61 Å². The van der Waals surface area contributed by atoms with Crippen LogP contribution in [0.2, 0.25) is 0 Å². The predicted molar refractivity (Wildman–Crippen MR) is 125 cm³/mol. The van der Waals surface area contributed by atoms with Crippen LogP contribution in [-0.2, 0) is 0 Å². The van der Waals surface area contributed by atoms with Crippen LogP contribution in [0.4, 0.5) is 0 Å². The Hall–Kier alpha value is -0.940. The van der Waals surface area contributed by atoms with E-state index in [1.807, 2.05) is 0 Å². The quantitative estimate of drug-likeness (QED) is 0.471. The van der Waals surface area contributed by atoms with Crippen LogP contribution < -0.4 is 0 Å². The van der Waals surface area contributed by atoms with Crippen LogP contribution in [0.5, 0.6) is 0 Å². The van der Waals surface area contributed by atoms with E-state index in [2.05, 4.69) is 32.6 Å². The summed E-state index contributed by atoms with van der Waals surface area (Å²) in [6.07, 6.45) is 13.4. The average molecular weight is 433 g/mol. The molecule has 0 amide bonds. The first-order valence-corrected chi connectivity index (χ1v) is 12.4. The van der Waals surface area contributed by atoms with E-state index in [0.29, 0.717) is 24.2 Å². The zero-order chi connectivity index (χ0) is 22.8. The van der Waals surface area contributed by atoms with Crippen molar-refractivity contribution in [1.29, 1.82) is 0 Å². The summed E-state index contributed by atoms with van der Waals surface area (Å²) in [5.74, 6) is 1.70. The van der Waals surface area contributed by atoms with Gasteiger partial charge in [0.2, 0.25) is 0 Å². The highest BCUT2D eigenvalue weighted by Crippen LogP contribution is 2.60. The Morgan fingerprint density at radius 3 is 2.65 bits per heavy atom. The minimum atomic E-state index is -1.42. The van der Waals surface area contributed by atoms with Crippen molar-refractivity contribution in [1.82, 2.24) is 0 Å². The number of fused-ring (bicyclic) bond motifs is 1. The summed E-state index contributed by atoms with van der Waals surface area (Å²) in [5.41, 5.74) is 2.82. The molecule has 3 aliphatic rings. The maximum atomic E-state index is 10.3. The second kappa shape index (κ2) is 9.91. The lowest BCUT2D eigenvalue weighted by Crippen LogP contribution is -2.43. The molecule has 0 aromatic rings. The fourth-order valence-corrected chi connectivity index (χ4v) is 6.65. The number of allylic oxidation sites excluding steroid dienone is 4. The zero-order valence-corrected chi connectivity index (χ0v) is 19.8. The molecule has 4 nitrogen and oxygen atoms in total. The fraction of sp³-hybridized carbons (Fsp3) is 0.778. The molecule has 0 heterocycles. The summed E-state index contributed by atoms with van der Waals surface area (Å²) in [6.45, 7) is 10.1. The van der Waals surface area contributed by atoms with E-state index in [0.717, 1.165) is 32.1 Å². The van der Waals surface area contributed by atoms with Crippen LogP contribution in [-0.4, -0.2) is 44.8 Å². The van der Waals surface area contributed by atoms with Crippen LogP contribution in [0.15, 0.2) is 35.5 Å². The van der Waals surface area contributed by atoms with Gasteiger partial charge >= 0.3 is 0 Å². The van der Waals surface area contributed by atoms with Gasteiger partial charge in [0, 0.05) is 0 Å². The summed E-state index contributed by atoms with van der Waals surface area (Å²) in [4.78, 5) is 0. The molecule has 3 rings (SSSR count). The molecule has 3 saturated carbocycles. The van der Waals surface area contributed by atoms with Gasteiger partial charge in [0.1, 0.15) is 5.60 Å². The third-order valence-electron chi connectivity index (χ3n) is 8.85. The molecular weight excluding hydrogens is 388 g/mol. The Morgan fingerprint density at radius 1 is 1.19 bits per heavy atom. The summed E-state index contributed by atoms with van der Waals surface area (Å²) in [6, 6.07) is 0. The number of aliphatic hydroxyl groups excluding tert-OH is 3. The van der Waals surface area contributed by atoms with E-state index in [4.69, 9.17) is 0 Å². The van der Waals surface area contributed by atoms with Gasteiger partial charge in [-0.2, -0.15) is 0 Å². The van der Waals surface area contributed by atoms with Crippen molar-refractivity contribution in [2.24, 2.45) is 23.2 Å². The monoisotopic (exact) mass is 432 g/mol. The Bertz CT molecular complexity index is 706. The molecule has 7 atom stereocenters. The molecule has 176 valence electrons. The molecule has 0 aromatic carbocycles. The number of hydrogen-bond acceptors (Lipinski definition) is 4. The van der Waals surface area contributed by atoms with Gasteiger partial charge in [-0.15, -0.1) is 0 Å². The average Bonchev–Trinajstić information content (AvgIpc) is 3.09. The van der Waals surface area contributed by atoms with Crippen molar-refractivity contribution in [2.45, 2.75) is 103 Å². The summed E-state index contributed by atoms with van der Waals surface area (Å²) in [7, 11) is 0. The fourth-order valence-electron chi connectivity index (χ4n) is 6.65. The predicted octanol–water partition coefficient (Wildman–Crippen LogP) is 4.68. The Labute approximate surface area is 188 Å². The van der Waals surface area contributed by atoms with Crippen LogP contribution in [0.3, 0.4) is 0 Å². The lowest BCUT2D eigenvalue weighted by Gasteiger charge is -2.44. The number of hydrogen-bond donors (Lipinski definition) is 4. The summed E-state index contributed by atoms with van der Waals surface area (Å²) in [5, 5.41) is 39.7. The van der Waals surface area contributed by atoms with E-state index < -0.39 is 18.3 Å². The van der Waals surface area contributed by atoms with Gasteiger partial charge < -0.3 is 20.4 Å². The Kier molecular flexibility index (Phi) is 7.89. The summed E-state index contributed by atoms with van der Waals surface area (Å²) < 4.78 is 0. The largest absolute Gasteiger partial charge is 0.393 e. The second-order valence-electron chi connectivity index (χ2n) is 11.1. The van der Waals surface area contributed by atoms with Crippen molar-refractivity contribution < 1.29 is 20.4 Å². The van der Waals surface area contributed by atoms with Gasteiger partial charge in [-0.3, -0.25) is 0 Å². The molecule has 3 aliphatic carbocycles. The molecule has 0 radical (unpaired) electrons. The molecule has 4 N–H and O–H groups in total. The first kappa shape index (κ1) is 24.7. The normalized spacial score (nSPS) is 38.2.